The maximum atomic E-state index is 12.3. The molecule has 0 aromatic rings. The van der Waals surface area contributed by atoms with Crippen molar-refractivity contribution >= 4 is 11.9 Å². The first-order valence-corrected chi connectivity index (χ1v) is 7.36. The van der Waals surface area contributed by atoms with Crippen LogP contribution in [0.5, 0.6) is 0 Å². The Balaban J connectivity index is 1.85. The average Bonchev–Trinajstić information content (AvgIpc) is 2.71. The van der Waals surface area contributed by atoms with Crippen molar-refractivity contribution in [2.24, 2.45) is 17.6 Å². The maximum Gasteiger partial charge on any atom is 0.306 e. The molecule has 0 heterocycles. The molecule has 2 aliphatic carbocycles. The van der Waals surface area contributed by atoms with Crippen molar-refractivity contribution in [2.45, 2.75) is 63.5 Å². The number of rotatable bonds is 3. The molecule has 0 aliphatic heterocycles. The molecule has 2 unspecified atom stereocenters. The second-order valence-corrected chi connectivity index (χ2v) is 5.96. The van der Waals surface area contributed by atoms with E-state index >= 15 is 0 Å². The Morgan fingerprint density at radius 1 is 1.05 bits per heavy atom. The quantitative estimate of drug-likeness (QED) is 0.672. The summed E-state index contributed by atoms with van der Waals surface area (Å²) in [6.45, 7) is 0. The lowest BCUT2D eigenvalue weighted by molar-refractivity contribution is -0.141. The number of hydrogen-bond donors (Lipinski definition) is 3. The summed E-state index contributed by atoms with van der Waals surface area (Å²) in [5.74, 6) is -1.10. The van der Waals surface area contributed by atoms with E-state index in [4.69, 9.17) is 10.8 Å². The van der Waals surface area contributed by atoms with Gasteiger partial charge in [-0.1, -0.05) is 19.3 Å². The van der Waals surface area contributed by atoms with Gasteiger partial charge < -0.3 is 16.2 Å². The molecule has 2 aliphatic rings. The highest BCUT2D eigenvalue weighted by Crippen LogP contribution is 2.27. The van der Waals surface area contributed by atoms with Gasteiger partial charge >= 0.3 is 5.97 Å². The van der Waals surface area contributed by atoms with Crippen molar-refractivity contribution in [3.8, 4) is 0 Å². The van der Waals surface area contributed by atoms with Gasteiger partial charge in [-0.3, -0.25) is 9.59 Å². The minimum Gasteiger partial charge on any atom is -0.481 e. The fourth-order valence-corrected chi connectivity index (χ4v) is 3.31. The van der Waals surface area contributed by atoms with Crippen molar-refractivity contribution < 1.29 is 14.7 Å². The van der Waals surface area contributed by atoms with E-state index in [-0.39, 0.29) is 29.8 Å². The summed E-state index contributed by atoms with van der Waals surface area (Å²) in [7, 11) is 0. The van der Waals surface area contributed by atoms with E-state index in [1.807, 2.05) is 0 Å². The second kappa shape index (κ2) is 6.37. The van der Waals surface area contributed by atoms with Gasteiger partial charge in [-0.15, -0.1) is 0 Å². The summed E-state index contributed by atoms with van der Waals surface area (Å²) < 4.78 is 0. The first-order valence-electron chi connectivity index (χ1n) is 7.36. The standard InChI is InChI=1S/C14H24N2O3/c15-12-5-3-1-2-4-11(12)13(17)16-10-7-6-9(8-10)14(18)19/h9-12H,1-8,15H2,(H,16,17)(H,18,19)/t9-,10+,11?,12?/m1/s1. The Kier molecular flexibility index (Phi) is 4.80. The topological polar surface area (TPSA) is 92.4 Å². The highest BCUT2D eigenvalue weighted by molar-refractivity contribution is 5.80. The number of carbonyl (C=O) groups excluding carboxylic acids is 1. The second-order valence-electron chi connectivity index (χ2n) is 5.96. The summed E-state index contributed by atoms with van der Waals surface area (Å²) >= 11 is 0. The Hall–Kier alpha value is -1.10. The van der Waals surface area contributed by atoms with E-state index in [2.05, 4.69) is 5.32 Å². The van der Waals surface area contributed by atoms with Crippen molar-refractivity contribution in [3.63, 3.8) is 0 Å². The summed E-state index contributed by atoms with van der Waals surface area (Å²) in [4.78, 5) is 23.2. The third-order valence-electron chi connectivity index (χ3n) is 4.53. The molecule has 2 fully saturated rings. The first-order chi connectivity index (χ1) is 9.08. The van der Waals surface area contributed by atoms with E-state index in [0.29, 0.717) is 12.8 Å². The lowest BCUT2D eigenvalue weighted by atomic mass is 9.94. The van der Waals surface area contributed by atoms with Crippen molar-refractivity contribution in [2.75, 3.05) is 0 Å². The molecule has 0 aromatic heterocycles. The van der Waals surface area contributed by atoms with Crippen molar-refractivity contribution in [3.05, 3.63) is 0 Å². The van der Waals surface area contributed by atoms with Crippen LogP contribution in [-0.2, 0) is 9.59 Å². The summed E-state index contributed by atoms with van der Waals surface area (Å²) in [6.07, 6.45) is 7.10. The van der Waals surface area contributed by atoms with Crippen molar-refractivity contribution in [1.29, 1.82) is 0 Å². The molecule has 4 N–H and O–H groups in total. The van der Waals surface area contributed by atoms with E-state index < -0.39 is 5.97 Å². The molecule has 0 spiro atoms. The van der Waals surface area contributed by atoms with E-state index in [9.17, 15) is 9.59 Å². The minimum absolute atomic E-state index is 0.0176. The molecule has 1 amide bonds. The number of carboxylic acids is 1. The van der Waals surface area contributed by atoms with Gasteiger partial charge in [0, 0.05) is 12.1 Å². The monoisotopic (exact) mass is 268 g/mol. The van der Waals surface area contributed by atoms with Crippen LogP contribution >= 0.6 is 0 Å². The fourth-order valence-electron chi connectivity index (χ4n) is 3.31. The normalized spacial score (nSPS) is 35.6. The third-order valence-corrected chi connectivity index (χ3v) is 4.53. The number of nitrogens with two attached hydrogens (primary N) is 1. The van der Waals surface area contributed by atoms with E-state index in [1.165, 1.54) is 0 Å². The van der Waals surface area contributed by atoms with Crippen LogP contribution in [-0.4, -0.2) is 29.1 Å². The Morgan fingerprint density at radius 3 is 2.47 bits per heavy atom. The lowest BCUT2D eigenvalue weighted by Gasteiger charge is -2.23. The molecule has 0 saturated heterocycles. The van der Waals surface area contributed by atoms with Crippen LogP contribution in [0.4, 0.5) is 0 Å². The molecule has 5 heteroatoms. The summed E-state index contributed by atoms with van der Waals surface area (Å²) in [5, 5.41) is 12.0. The van der Waals surface area contributed by atoms with Gasteiger partial charge in [0.05, 0.1) is 11.8 Å². The van der Waals surface area contributed by atoms with Crippen LogP contribution in [0, 0.1) is 11.8 Å². The van der Waals surface area contributed by atoms with Crippen LogP contribution in [0.1, 0.15) is 51.4 Å². The largest absolute Gasteiger partial charge is 0.481 e. The summed E-state index contributed by atoms with van der Waals surface area (Å²) in [6, 6.07) is -0.0248. The maximum absolute atomic E-state index is 12.3. The molecular formula is C14H24N2O3. The SMILES string of the molecule is NC1CCCCCC1C(=O)N[C@H]1CC[C@@H](C(=O)O)C1. The van der Waals surface area contributed by atoms with Gasteiger partial charge in [0.25, 0.3) is 0 Å². The molecular weight excluding hydrogens is 244 g/mol. The molecule has 2 saturated carbocycles. The minimum atomic E-state index is -0.747. The molecule has 0 radical (unpaired) electrons. The molecule has 0 aromatic carbocycles. The zero-order valence-corrected chi connectivity index (χ0v) is 11.3. The smallest absolute Gasteiger partial charge is 0.306 e. The molecule has 2 rings (SSSR count). The van der Waals surface area contributed by atoms with Gasteiger partial charge in [0.15, 0.2) is 0 Å². The zero-order chi connectivity index (χ0) is 13.8. The Bertz CT molecular complexity index is 346. The third kappa shape index (κ3) is 3.69. The van der Waals surface area contributed by atoms with Gasteiger partial charge in [-0.05, 0) is 32.1 Å². The molecule has 19 heavy (non-hydrogen) atoms. The predicted octanol–water partition coefficient (Wildman–Crippen LogP) is 1.26. The Labute approximate surface area is 113 Å². The van der Waals surface area contributed by atoms with Crippen LogP contribution in [0.2, 0.25) is 0 Å². The highest BCUT2D eigenvalue weighted by Gasteiger charge is 2.33. The van der Waals surface area contributed by atoms with Crippen LogP contribution < -0.4 is 11.1 Å². The number of carboxylic acid groups (broad SMARTS) is 1. The number of nitrogens with one attached hydrogen (secondary N) is 1. The number of hydrogen-bond acceptors (Lipinski definition) is 3. The fraction of sp³-hybridized carbons (Fsp3) is 0.857. The molecule has 5 nitrogen and oxygen atoms in total. The molecule has 0 bridgehead atoms. The van der Waals surface area contributed by atoms with Crippen LogP contribution in [0.15, 0.2) is 0 Å². The van der Waals surface area contributed by atoms with Gasteiger partial charge in [0.1, 0.15) is 0 Å². The van der Waals surface area contributed by atoms with E-state index in [0.717, 1.165) is 38.5 Å². The average molecular weight is 268 g/mol. The number of amides is 1. The molecule has 4 atom stereocenters. The number of aliphatic carboxylic acids is 1. The first kappa shape index (κ1) is 14.3. The van der Waals surface area contributed by atoms with Gasteiger partial charge in [-0.2, -0.15) is 0 Å². The predicted molar refractivity (Wildman–Crippen MR) is 71.5 cm³/mol. The van der Waals surface area contributed by atoms with E-state index in [1.54, 1.807) is 0 Å². The number of carbonyl (C=O) groups is 2. The van der Waals surface area contributed by atoms with Gasteiger partial charge in [0.2, 0.25) is 5.91 Å². The highest BCUT2D eigenvalue weighted by atomic mass is 16.4. The van der Waals surface area contributed by atoms with Crippen LogP contribution in [0.3, 0.4) is 0 Å². The molecule has 108 valence electrons. The zero-order valence-electron chi connectivity index (χ0n) is 11.3. The summed E-state index contributed by atoms with van der Waals surface area (Å²) in [5.41, 5.74) is 6.07. The van der Waals surface area contributed by atoms with Gasteiger partial charge in [-0.25, -0.2) is 0 Å². The lowest BCUT2D eigenvalue weighted by Crippen LogP contribution is -2.44. The van der Waals surface area contributed by atoms with Crippen molar-refractivity contribution in [1.82, 2.24) is 5.32 Å². The van der Waals surface area contributed by atoms with Crippen LogP contribution in [0.25, 0.3) is 0 Å². The Morgan fingerprint density at radius 2 is 1.79 bits per heavy atom.